The highest BCUT2D eigenvalue weighted by molar-refractivity contribution is 7.99. The van der Waals surface area contributed by atoms with Crippen molar-refractivity contribution in [1.82, 2.24) is 0 Å². The summed E-state index contributed by atoms with van der Waals surface area (Å²) in [5.41, 5.74) is 1.16. The highest BCUT2D eigenvalue weighted by atomic mass is 32.2. The van der Waals surface area contributed by atoms with E-state index in [-0.39, 0.29) is 5.92 Å². The summed E-state index contributed by atoms with van der Waals surface area (Å²) in [6.45, 7) is 2.08. The van der Waals surface area contributed by atoms with Gasteiger partial charge in [-0.2, -0.15) is 11.8 Å². The fraction of sp³-hybridized carbons (Fsp3) is 0.533. The maximum atomic E-state index is 10.6. The molecule has 1 aromatic carbocycles. The number of carbonyl (C=O) groups excluding carboxylic acids is 1. The molecule has 0 amide bonds. The Bertz CT molecular complexity index is 386. The summed E-state index contributed by atoms with van der Waals surface area (Å²) in [6, 6.07) is 8.11. The van der Waals surface area contributed by atoms with E-state index in [0.29, 0.717) is 12.5 Å². The first kappa shape index (κ1) is 13.5. The van der Waals surface area contributed by atoms with Gasteiger partial charge in [-0.05, 0) is 41.9 Å². The number of para-hydroxylation sites is 1. The van der Waals surface area contributed by atoms with Crippen molar-refractivity contribution >= 4 is 18.0 Å². The number of thioether (sulfide) groups is 1. The lowest BCUT2D eigenvalue weighted by Gasteiger charge is -2.25. The smallest absolute Gasteiger partial charge is 0.123 e. The number of hydrogen-bond acceptors (Lipinski definition) is 3. The Morgan fingerprint density at radius 2 is 2.11 bits per heavy atom. The van der Waals surface area contributed by atoms with Gasteiger partial charge in [-0.15, -0.1) is 0 Å². The summed E-state index contributed by atoms with van der Waals surface area (Å²) in [6.07, 6.45) is 4.14. The van der Waals surface area contributed by atoms with Crippen LogP contribution < -0.4 is 4.74 Å². The second-order valence-corrected chi connectivity index (χ2v) is 6.00. The molecule has 2 nitrogen and oxygen atoms in total. The quantitative estimate of drug-likeness (QED) is 0.759. The second kappa shape index (κ2) is 6.83. The molecule has 1 aliphatic rings. The third-order valence-corrected chi connectivity index (χ3v) is 4.41. The van der Waals surface area contributed by atoms with E-state index in [9.17, 15) is 4.79 Å². The highest BCUT2D eigenvalue weighted by Crippen LogP contribution is 2.31. The van der Waals surface area contributed by atoms with E-state index >= 15 is 0 Å². The molecule has 2 rings (SSSR count). The van der Waals surface area contributed by atoms with Crippen molar-refractivity contribution in [2.75, 3.05) is 11.5 Å². The number of carbonyl (C=O) groups is 1. The SMILES string of the molecule is CC(CC=O)c1ccccc1OC1CCSCC1. The third kappa shape index (κ3) is 3.52. The zero-order valence-corrected chi connectivity index (χ0v) is 11.6. The highest BCUT2D eigenvalue weighted by Gasteiger charge is 2.18. The molecule has 98 valence electrons. The predicted molar refractivity (Wildman–Crippen MR) is 76.5 cm³/mol. The molecule has 0 aliphatic carbocycles. The van der Waals surface area contributed by atoms with Gasteiger partial charge in [0.2, 0.25) is 0 Å². The van der Waals surface area contributed by atoms with E-state index in [1.54, 1.807) is 0 Å². The minimum absolute atomic E-state index is 0.233. The van der Waals surface area contributed by atoms with Gasteiger partial charge in [-0.1, -0.05) is 25.1 Å². The largest absolute Gasteiger partial charge is 0.490 e. The topological polar surface area (TPSA) is 26.3 Å². The van der Waals surface area contributed by atoms with Crippen molar-refractivity contribution in [3.63, 3.8) is 0 Å². The standard InChI is InChI=1S/C15H20O2S/c1-12(6-9-16)14-4-2-3-5-15(14)17-13-7-10-18-11-8-13/h2-5,9,12-13H,6-8,10-11H2,1H3. The molecule has 0 aromatic heterocycles. The van der Waals surface area contributed by atoms with E-state index in [2.05, 4.69) is 13.0 Å². The van der Waals surface area contributed by atoms with Crippen LogP contribution in [0.3, 0.4) is 0 Å². The van der Waals surface area contributed by atoms with Gasteiger partial charge in [-0.25, -0.2) is 0 Å². The van der Waals surface area contributed by atoms with Crippen LogP contribution in [0.25, 0.3) is 0 Å². The zero-order chi connectivity index (χ0) is 12.8. The van der Waals surface area contributed by atoms with Crippen LogP contribution in [0.5, 0.6) is 5.75 Å². The Kier molecular flexibility index (Phi) is 5.12. The minimum Gasteiger partial charge on any atom is -0.490 e. The number of rotatable bonds is 5. The van der Waals surface area contributed by atoms with Gasteiger partial charge in [-0.3, -0.25) is 0 Å². The van der Waals surface area contributed by atoms with Gasteiger partial charge in [0.05, 0.1) is 0 Å². The minimum atomic E-state index is 0.233. The molecule has 1 atom stereocenters. The molecule has 1 unspecified atom stereocenters. The van der Waals surface area contributed by atoms with Gasteiger partial charge in [0, 0.05) is 6.42 Å². The summed E-state index contributed by atoms with van der Waals surface area (Å²) >= 11 is 2.00. The summed E-state index contributed by atoms with van der Waals surface area (Å²) < 4.78 is 6.12. The van der Waals surface area contributed by atoms with Crippen LogP contribution in [-0.4, -0.2) is 23.9 Å². The molecule has 1 heterocycles. The maximum Gasteiger partial charge on any atom is 0.123 e. The molecule has 1 fully saturated rings. The molecule has 1 aliphatic heterocycles. The molecule has 0 bridgehead atoms. The van der Waals surface area contributed by atoms with Gasteiger partial charge < -0.3 is 9.53 Å². The second-order valence-electron chi connectivity index (χ2n) is 4.77. The number of ether oxygens (including phenoxy) is 1. The summed E-state index contributed by atoms with van der Waals surface area (Å²) in [7, 11) is 0. The predicted octanol–water partition coefficient (Wildman–Crippen LogP) is 3.65. The fourth-order valence-electron chi connectivity index (χ4n) is 2.24. The number of benzene rings is 1. The summed E-state index contributed by atoms with van der Waals surface area (Å²) in [5, 5.41) is 0. The van der Waals surface area contributed by atoms with Crippen LogP contribution in [-0.2, 0) is 4.79 Å². The van der Waals surface area contributed by atoms with E-state index in [4.69, 9.17) is 4.74 Å². The van der Waals surface area contributed by atoms with Gasteiger partial charge in [0.15, 0.2) is 0 Å². The van der Waals surface area contributed by atoms with Crippen LogP contribution in [0.2, 0.25) is 0 Å². The van der Waals surface area contributed by atoms with Crippen LogP contribution in [0.15, 0.2) is 24.3 Å². The normalized spacial score (nSPS) is 18.3. The Balaban J connectivity index is 2.08. The molecule has 1 saturated heterocycles. The van der Waals surface area contributed by atoms with Crippen LogP contribution in [0, 0.1) is 0 Å². The van der Waals surface area contributed by atoms with Gasteiger partial charge in [0.1, 0.15) is 18.1 Å². The van der Waals surface area contributed by atoms with Crippen molar-refractivity contribution in [1.29, 1.82) is 0 Å². The molecular formula is C15H20O2S. The van der Waals surface area contributed by atoms with Crippen molar-refractivity contribution in [2.24, 2.45) is 0 Å². The van der Waals surface area contributed by atoms with Gasteiger partial charge in [0.25, 0.3) is 0 Å². The van der Waals surface area contributed by atoms with E-state index < -0.39 is 0 Å². The first-order valence-corrected chi connectivity index (χ1v) is 7.73. The van der Waals surface area contributed by atoms with Crippen LogP contribution in [0.4, 0.5) is 0 Å². The molecule has 18 heavy (non-hydrogen) atoms. The summed E-state index contributed by atoms with van der Waals surface area (Å²) in [5.74, 6) is 3.58. The molecule has 0 N–H and O–H groups in total. The first-order valence-electron chi connectivity index (χ1n) is 6.58. The molecule has 0 radical (unpaired) electrons. The lowest BCUT2D eigenvalue weighted by atomic mass is 9.97. The van der Waals surface area contributed by atoms with Crippen molar-refractivity contribution < 1.29 is 9.53 Å². The Labute approximate surface area is 113 Å². The summed E-state index contributed by atoms with van der Waals surface area (Å²) in [4.78, 5) is 10.6. The van der Waals surface area contributed by atoms with Gasteiger partial charge >= 0.3 is 0 Å². The lowest BCUT2D eigenvalue weighted by Crippen LogP contribution is -2.22. The zero-order valence-electron chi connectivity index (χ0n) is 10.8. The maximum absolute atomic E-state index is 10.6. The van der Waals surface area contributed by atoms with E-state index in [0.717, 1.165) is 30.4 Å². The first-order chi connectivity index (χ1) is 8.81. The molecule has 3 heteroatoms. The molecule has 1 aromatic rings. The lowest BCUT2D eigenvalue weighted by molar-refractivity contribution is -0.108. The Morgan fingerprint density at radius 1 is 1.39 bits per heavy atom. The monoisotopic (exact) mass is 264 g/mol. The molecular weight excluding hydrogens is 244 g/mol. The Morgan fingerprint density at radius 3 is 2.83 bits per heavy atom. The third-order valence-electron chi connectivity index (χ3n) is 3.36. The van der Waals surface area contributed by atoms with E-state index in [1.807, 2.05) is 30.0 Å². The van der Waals surface area contributed by atoms with E-state index in [1.165, 1.54) is 11.5 Å². The fourth-order valence-corrected chi connectivity index (χ4v) is 3.30. The Hall–Kier alpha value is -0.960. The van der Waals surface area contributed by atoms with Crippen LogP contribution in [0.1, 0.15) is 37.7 Å². The van der Waals surface area contributed by atoms with Crippen LogP contribution >= 0.6 is 11.8 Å². The molecule has 0 spiro atoms. The average molecular weight is 264 g/mol. The molecule has 0 saturated carbocycles. The average Bonchev–Trinajstić information content (AvgIpc) is 2.41. The number of hydrogen-bond donors (Lipinski definition) is 0. The van der Waals surface area contributed by atoms with Crippen molar-refractivity contribution in [3.8, 4) is 5.75 Å². The van der Waals surface area contributed by atoms with Crippen molar-refractivity contribution in [3.05, 3.63) is 29.8 Å². The van der Waals surface area contributed by atoms with Crippen molar-refractivity contribution in [2.45, 2.75) is 38.2 Å². The number of aldehydes is 1.